The van der Waals surface area contributed by atoms with Crippen LogP contribution in [0.4, 0.5) is 5.69 Å². The summed E-state index contributed by atoms with van der Waals surface area (Å²) in [4.78, 5) is 9.71. The van der Waals surface area contributed by atoms with Crippen LogP contribution in [0.5, 0.6) is 0 Å². The predicted octanol–water partition coefficient (Wildman–Crippen LogP) is 3.37. The lowest BCUT2D eigenvalue weighted by molar-refractivity contribution is 0.371. The van der Waals surface area contributed by atoms with Crippen molar-refractivity contribution in [3.8, 4) is 0 Å². The first-order chi connectivity index (χ1) is 12.4. The van der Waals surface area contributed by atoms with Crippen LogP contribution >= 0.6 is 24.0 Å². The van der Waals surface area contributed by atoms with E-state index in [0.717, 1.165) is 50.9 Å². The molecule has 0 amide bonds. The second kappa shape index (κ2) is 9.30. The summed E-state index contributed by atoms with van der Waals surface area (Å²) in [5.74, 6) is 2.07. The molecule has 0 atom stereocenters. The third-order valence-electron chi connectivity index (χ3n) is 4.81. The van der Waals surface area contributed by atoms with Gasteiger partial charge in [0.2, 0.25) is 0 Å². The average molecular weight is 466 g/mol. The molecule has 1 saturated heterocycles. The van der Waals surface area contributed by atoms with Gasteiger partial charge in [-0.2, -0.15) is 0 Å². The monoisotopic (exact) mass is 466 g/mol. The van der Waals surface area contributed by atoms with Crippen molar-refractivity contribution in [1.82, 2.24) is 10.2 Å². The Balaban J connectivity index is 0.00000196. The highest BCUT2D eigenvalue weighted by Crippen LogP contribution is 2.20. The maximum atomic E-state index is 5.41. The number of hydrogen-bond donors (Lipinski definition) is 1. The summed E-state index contributed by atoms with van der Waals surface area (Å²) in [5, 5.41) is 3.62. The number of nitrogens with zero attached hydrogens (tertiary/aromatic N) is 3. The molecular weight excluding hydrogens is 439 g/mol. The van der Waals surface area contributed by atoms with Gasteiger partial charge >= 0.3 is 0 Å². The van der Waals surface area contributed by atoms with Gasteiger partial charge in [-0.3, -0.25) is 4.99 Å². The van der Waals surface area contributed by atoms with E-state index in [0.29, 0.717) is 6.04 Å². The van der Waals surface area contributed by atoms with Gasteiger partial charge in [0, 0.05) is 50.9 Å². The number of hydrogen-bond acceptors (Lipinski definition) is 3. The summed E-state index contributed by atoms with van der Waals surface area (Å²) in [6.07, 6.45) is 5.11. The molecule has 1 saturated carbocycles. The third-order valence-corrected chi connectivity index (χ3v) is 4.81. The first-order valence-corrected chi connectivity index (χ1v) is 9.27. The number of anilines is 1. The first kappa shape index (κ1) is 19.1. The number of piperazine rings is 1. The second-order valence-electron chi connectivity index (χ2n) is 6.76. The number of halogens is 1. The van der Waals surface area contributed by atoms with E-state index < -0.39 is 0 Å². The number of para-hydroxylation sites is 1. The Labute approximate surface area is 172 Å². The van der Waals surface area contributed by atoms with Gasteiger partial charge in [-0.25, -0.2) is 0 Å². The quantitative estimate of drug-likeness (QED) is 0.417. The van der Waals surface area contributed by atoms with Gasteiger partial charge in [0.1, 0.15) is 5.76 Å². The van der Waals surface area contributed by atoms with E-state index in [1.165, 1.54) is 18.5 Å². The smallest absolute Gasteiger partial charge is 0.194 e. The molecule has 1 aromatic carbocycles. The van der Waals surface area contributed by atoms with Crippen LogP contribution < -0.4 is 10.2 Å². The van der Waals surface area contributed by atoms with E-state index in [2.05, 4.69) is 45.4 Å². The maximum Gasteiger partial charge on any atom is 0.194 e. The van der Waals surface area contributed by atoms with E-state index in [1.807, 2.05) is 12.1 Å². The SMILES string of the molecule is I.c1ccc(N2CCN(C(=NCCc3ccco3)NC3CC3)CC2)cc1. The van der Waals surface area contributed by atoms with Crippen LogP contribution in [-0.2, 0) is 6.42 Å². The lowest BCUT2D eigenvalue weighted by atomic mass is 10.2. The standard InChI is InChI=1S/C20H26N4O.HI/c1-2-5-18(6-3-1)23-12-14-24(15-13-23)20(22-17-8-9-17)21-11-10-19-7-4-16-25-19;/h1-7,16-17H,8-15H2,(H,21,22);1H. The molecule has 5 nitrogen and oxygen atoms in total. The van der Waals surface area contributed by atoms with Crippen LogP contribution in [-0.4, -0.2) is 49.6 Å². The Morgan fingerprint density at radius 3 is 2.46 bits per heavy atom. The number of nitrogens with one attached hydrogen (secondary N) is 1. The average Bonchev–Trinajstić information content (AvgIpc) is 3.34. The molecule has 140 valence electrons. The first-order valence-electron chi connectivity index (χ1n) is 9.27. The number of rotatable bonds is 5. The topological polar surface area (TPSA) is 44.0 Å². The third kappa shape index (κ3) is 5.16. The lowest BCUT2D eigenvalue weighted by Crippen LogP contribution is -2.53. The molecule has 1 aliphatic carbocycles. The summed E-state index contributed by atoms with van der Waals surface area (Å²) >= 11 is 0. The molecule has 26 heavy (non-hydrogen) atoms. The molecule has 0 spiro atoms. The minimum Gasteiger partial charge on any atom is -0.469 e. The summed E-state index contributed by atoms with van der Waals surface area (Å²) in [6, 6.07) is 15.2. The van der Waals surface area contributed by atoms with Crippen LogP contribution in [0.1, 0.15) is 18.6 Å². The molecule has 1 aromatic heterocycles. The fourth-order valence-corrected chi connectivity index (χ4v) is 3.19. The van der Waals surface area contributed by atoms with Crippen LogP contribution in [0.2, 0.25) is 0 Å². The highest BCUT2D eigenvalue weighted by atomic mass is 127. The van der Waals surface area contributed by atoms with Crippen molar-refractivity contribution in [2.24, 2.45) is 4.99 Å². The van der Waals surface area contributed by atoms with Gasteiger partial charge in [0.15, 0.2) is 5.96 Å². The zero-order valence-electron chi connectivity index (χ0n) is 15.0. The van der Waals surface area contributed by atoms with Crippen molar-refractivity contribution < 1.29 is 4.42 Å². The molecule has 0 radical (unpaired) electrons. The Bertz CT molecular complexity index is 677. The van der Waals surface area contributed by atoms with Gasteiger partial charge in [-0.1, -0.05) is 18.2 Å². The van der Waals surface area contributed by atoms with Gasteiger partial charge in [-0.15, -0.1) is 24.0 Å². The van der Waals surface area contributed by atoms with Crippen molar-refractivity contribution in [1.29, 1.82) is 0 Å². The fraction of sp³-hybridized carbons (Fsp3) is 0.450. The van der Waals surface area contributed by atoms with Crippen LogP contribution in [0, 0.1) is 0 Å². The highest BCUT2D eigenvalue weighted by Gasteiger charge is 2.26. The minimum absolute atomic E-state index is 0. The molecule has 1 N–H and O–H groups in total. The Morgan fingerprint density at radius 2 is 1.81 bits per heavy atom. The molecule has 0 bridgehead atoms. The summed E-state index contributed by atoms with van der Waals surface area (Å²) in [6.45, 7) is 4.85. The highest BCUT2D eigenvalue weighted by molar-refractivity contribution is 14.0. The zero-order valence-corrected chi connectivity index (χ0v) is 17.3. The summed E-state index contributed by atoms with van der Waals surface area (Å²) in [7, 11) is 0. The summed E-state index contributed by atoms with van der Waals surface area (Å²) < 4.78 is 5.41. The molecule has 2 aromatic rings. The minimum atomic E-state index is 0. The van der Waals surface area contributed by atoms with Crippen LogP contribution in [0.25, 0.3) is 0 Å². The molecule has 1 aliphatic heterocycles. The largest absolute Gasteiger partial charge is 0.469 e. The van der Waals surface area contributed by atoms with E-state index in [4.69, 9.17) is 9.41 Å². The Hall–Kier alpha value is -1.70. The molecule has 2 fully saturated rings. The van der Waals surface area contributed by atoms with Crippen molar-refractivity contribution in [3.05, 3.63) is 54.5 Å². The van der Waals surface area contributed by atoms with Crippen molar-refractivity contribution in [3.63, 3.8) is 0 Å². The predicted molar refractivity (Wildman–Crippen MR) is 117 cm³/mol. The van der Waals surface area contributed by atoms with Crippen LogP contribution in [0.3, 0.4) is 0 Å². The number of guanidine groups is 1. The summed E-state index contributed by atoms with van der Waals surface area (Å²) in [5.41, 5.74) is 1.31. The second-order valence-corrected chi connectivity index (χ2v) is 6.76. The Morgan fingerprint density at radius 1 is 1.04 bits per heavy atom. The van der Waals surface area contributed by atoms with E-state index in [9.17, 15) is 0 Å². The number of aliphatic imine (C=N–C) groups is 1. The van der Waals surface area contributed by atoms with Gasteiger partial charge in [0.05, 0.1) is 6.26 Å². The van der Waals surface area contributed by atoms with Crippen molar-refractivity contribution >= 4 is 35.6 Å². The van der Waals surface area contributed by atoms with E-state index >= 15 is 0 Å². The van der Waals surface area contributed by atoms with E-state index in [-0.39, 0.29) is 24.0 Å². The molecule has 0 unspecified atom stereocenters. The lowest BCUT2D eigenvalue weighted by Gasteiger charge is -2.37. The van der Waals surface area contributed by atoms with Crippen molar-refractivity contribution in [2.45, 2.75) is 25.3 Å². The molecule has 2 heterocycles. The van der Waals surface area contributed by atoms with Gasteiger partial charge in [0.25, 0.3) is 0 Å². The van der Waals surface area contributed by atoms with E-state index in [1.54, 1.807) is 6.26 Å². The van der Waals surface area contributed by atoms with Crippen LogP contribution in [0.15, 0.2) is 58.1 Å². The Kier molecular flexibility index (Phi) is 6.82. The van der Waals surface area contributed by atoms with Crippen molar-refractivity contribution in [2.75, 3.05) is 37.6 Å². The molecular formula is C20H27IN4O. The van der Waals surface area contributed by atoms with Gasteiger partial charge in [-0.05, 0) is 37.1 Å². The molecule has 2 aliphatic rings. The zero-order chi connectivity index (χ0) is 16.9. The fourth-order valence-electron chi connectivity index (χ4n) is 3.19. The maximum absolute atomic E-state index is 5.41. The molecule has 4 rings (SSSR count). The normalized spacial score (nSPS) is 17.8. The number of benzene rings is 1. The molecule has 6 heteroatoms. The number of furan rings is 1. The van der Waals surface area contributed by atoms with Gasteiger partial charge < -0.3 is 19.5 Å².